The van der Waals surface area contributed by atoms with Crippen molar-refractivity contribution in [2.24, 2.45) is 0 Å². The Morgan fingerprint density at radius 3 is 2.70 bits per heavy atom. The highest BCUT2D eigenvalue weighted by Crippen LogP contribution is 2.10. The molecule has 2 aromatic rings. The molecule has 0 aliphatic rings. The molecule has 2 rings (SSSR count). The van der Waals surface area contributed by atoms with E-state index in [2.05, 4.69) is 16.2 Å². The van der Waals surface area contributed by atoms with Crippen LogP contribution in [-0.4, -0.2) is 30.0 Å². The lowest BCUT2D eigenvalue weighted by atomic mass is 10.2. The first-order chi connectivity index (χ1) is 10.9. The highest BCUT2D eigenvalue weighted by molar-refractivity contribution is 7.80. The van der Waals surface area contributed by atoms with E-state index < -0.39 is 0 Å². The Morgan fingerprint density at radius 2 is 2.00 bits per heavy atom. The van der Waals surface area contributed by atoms with E-state index in [1.54, 1.807) is 12.1 Å². The molecular formula is C16H20N4O2S. The van der Waals surface area contributed by atoms with Crippen LogP contribution in [0.2, 0.25) is 0 Å². The van der Waals surface area contributed by atoms with Gasteiger partial charge in [0.1, 0.15) is 5.76 Å². The van der Waals surface area contributed by atoms with Gasteiger partial charge in [0.25, 0.3) is 0 Å². The quantitative estimate of drug-likeness (QED) is 0.589. The molecule has 0 fully saturated rings. The van der Waals surface area contributed by atoms with Crippen molar-refractivity contribution in [3.8, 4) is 0 Å². The molecule has 23 heavy (non-hydrogen) atoms. The second-order valence-electron chi connectivity index (χ2n) is 5.41. The van der Waals surface area contributed by atoms with Gasteiger partial charge in [0.15, 0.2) is 10.9 Å². The third kappa shape index (κ3) is 5.39. The number of aryl methyl sites for hydroxylation is 1. The van der Waals surface area contributed by atoms with Crippen molar-refractivity contribution in [1.29, 1.82) is 0 Å². The van der Waals surface area contributed by atoms with Gasteiger partial charge in [-0.15, -0.1) is 0 Å². The van der Waals surface area contributed by atoms with Crippen LogP contribution >= 0.6 is 12.2 Å². The molecule has 0 saturated carbocycles. The van der Waals surface area contributed by atoms with Gasteiger partial charge >= 0.3 is 5.91 Å². The lowest BCUT2D eigenvalue weighted by molar-refractivity contribution is 0.0913. The van der Waals surface area contributed by atoms with Gasteiger partial charge in [0.05, 0.1) is 6.54 Å². The van der Waals surface area contributed by atoms with Gasteiger partial charge in [-0.1, -0.05) is 12.1 Å². The van der Waals surface area contributed by atoms with Gasteiger partial charge in [0.2, 0.25) is 0 Å². The van der Waals surface area contributed by atoms with Gasteiger partial charge in [0, 0.05) is 5.69 Å². The minimum absolute atomic E-state index is 0.229. The van der Waals surface area contributed by atoms with Crippen LogP contribution in [0.5, 0.6) is 0 Å². The summed E-state index contributed by atoms with van der Waals surface area (Å²) in [5, 5.41) is 3.28. The van der Waals surface area contributed by atoms with Crippen molar-refractivity contribution in [3.63, 3.8) is 0 Å². The molecular weight excluding hydrogens is 312 g/mol. The molecule has 7 heteroatoms. The predicted octanol–water partition coefficient (Wildman–Crippen LogP) is 2.28. The zero-order chi connectivity index (χ0) is 16.8. The van der Waals surface area contributed by atoms with Gasteiger partial charge in [-0.05, 0) is 63.1 Å². The average Bonchev–Trinajstić information content (AvgIpc) is 2.92. The van der Waals surface area contributed by atoms with Crippen LogP contribution in [-0.2, 0) is 6.54 Å². The molecule has 0 saturated heterocycles. The Balaban J connectivity index is 1.84. The molecule has 3 N–H and O–H groups in total. The molecule has 1 aromatic heterocycles. The second kappa shape index (κ2) is 7.75. The monoisotopic (exact) mass is 332 g/mol. The fourth-order valence-electron chi connectivity index (χ4n) is 1.96. The first-order valence-corrected chi connectivity index (χ1v) is 7.52. The summed E-state index contributed by atoms with van der Waals surface area (Å²) < 4.78 is 5.47. The number of thiocarbonyl (C=S) groups is 1. The lowest BCUT2D eigenvalue weighted by Crippen LogP contribution is -2.43. The van der Waals surface area contributed by atoms with Crippen LogP contribution in [0.15, 0.2) is 40.8 Å². The number of hydrogen-bond donors (Lipinski definition) is 3. The molecule has 0 aliphatic carbocycles. The summed E-state index contributed by atoms with van der Waals surface area (Å²) in [6.45, 7) is 2.62. The van der Waals surface area contributed by atoms with E-state index in [-0.39, 0.29) is 11.7 Å². The molecule has 0 spiro atoms. The SMILES string of the molecule is Cc1cccc(NC(=S)NNC(=O)c2ccc(CN(C)C)o2)c1. The summed E-state index contributed by atoms with van der Waals surface area (Å²) in [5.74, 6) is 0.566. The lowest BCUT2D eigenvalue weighted by Gasteiger charge is -2.11. The van der Waals surface area contributed by atoms with Crippen LogP contribution in [0.4, 0.5) is 5.69 Å². The van der Waals surface area contributed by atoms with Crippen LogP contribution < -0.4 is 16.2 Å². The van der Waals surface area contributed by atoms with Crippen molar-refractivity contribution >= 4 is 28.9 Å². The Morgan fingerprint density at radius 1 is 1.22 bits per heavy atom. The van der Waals surface area contributed by atoms with E-state index in [1.165, 1.54) is 0 Å². The maximum atomic E-state index is 12.0. The zero-order valence-corrected chi connectivity index (χ0v) is 14.2. The smallest absolute Gasteiger partial charge is 0.305 e. The molecule has 0 radical (unpaired) electrons. The van der Waals surface area contributed by atoms with Crippen LogP contribution in [0, 0.1) is 6.92 Å². The topological polar surface area (TPSA) is 69.5 Å². The fraction of sp³-hybridized carbons (Fsp3) is 0.250. The Bertz CT molecular complexity index is 697. The van der Waals surface area contributed by atoms with E-state index >= 15 is 0 Å². The Hall–Kier alpha value is -2.38. The molecule has 1 aromatic carbocycles. The standard InChI is InChI=1S/C16H20N4O2S/c1-11-5-4-6-12(9-11)17-16(23)19-18-15(21)14-8-7-13(22-14)10-20(2)3/h4-9H,10H2,1-3H3,(H,18,21)(H2,17,19,23). The average molecular weight is 332 g/mol. The molecule has 1 amide bonds. The Labute approximate surface area is 140 Å². The number of rotatable bonds is 4. The molecule has 0 bridgehead atoms. The second-order valence-corrected chi connectivity index (χ2v) is 5.81. The molecule has 0 unspecified atom stereocenters. The predicted molar refractivity (Wildman–Crippen MR) is 94.1 cm³/mol. The molecule has 122 valence electrons. The minimum atomic E-state index is -0.386. The number of hydrogen-bond acceptors (Lipinski definition) is 4. The van der Waals surface area contributed by atoms with Crippen molar-refractivity contribution < 1.29 is 9.21 Å². The number of nitrogens with zero attached hydrogens (tertiary/aromatic N) is 1. The van der Waals surface area contributed by atoms with Gasteiger partial charge in [-0.2, -0.15) is 0 Å². The minimum Gasteiger partial charge on any atom is -0.454 e. The first-order valence-electron chi connectivity index (χ1n) is 7.11. The van der Waals surface area contributed by atoms with E-state index in [0.717, 1.165) is 17.0 Å². The van der Waals surface area contributed by atoms with Gasteiger partial charge in [-0.25, -0.2) is 0 Å². The van der Waals surface area contributed by atoms with E-state index in [0.29, 0.717) is 11.7 Å². The molecule has 0 aliphatic heterocycles. The molecule has 0 atom stereocenters. The van der Waals surface area contributed by atoms with E-state index in [9.17, 15) is 4.79 Å². The number of anilines is 1. The summed E-state index contributed by atoms with van der Waals surface area (Å²) in [7, 11) is 3.86. The number of nitrogens with one attached hydrogen (secondary N) is 3. The molecule has 1 heterocycles. The number of carbonyl (C=O) groups excluding carboxylic acids is 1. The Kier molecular flexibility index (Phi) is 5.72. The van der Waals surface area contributed by atoms with Crippen LogP contribution in [0.25, 0.3) is 0 Å². The maximum Gasteiger partial charge on any atom is 0.305 e. The summed E-state index contributed by atoms with van der Waals surface area (Å²) in [5.41, 5.74) is 7.12. The van der Waals surface area contributed by atoms with Crippen molar-refractivity contribution in [3.05, 3.63) is 53.5 Å². The number of hydrazine groups is 1. The van der Waals surface area contributed by atoms with E-state index in [1.807, 2.05) is 50.2 Å². The molecule has 6 nitrogen and oxygen atoms in total. The third-order valence-electron chi connectivity index (χ3n) is 2.92. The van der Waals surface area contributed by atoms with E-state index in [4.69, 9.17) is 16.6 Å². The first kappa shape index (κ1) is 17.0. The highest BCUT2D eigenvalue weighted by Gasteiger charge is 2.11. The normalized spacial score (nSPS) is 10.4. The third-order valence-corrected chi connectivity index (χ3v) is 3.13. The zero-order valence-electron chi connectivity index (χ0n) is 13.3. The van der Waals surface area contributed by atoms with Crippen molar-refractivity contribution in [1.82, 2.24) is 15.8 Å². The largest absolute Gasteiger partial charge is 0.454 e. The summed E-state index contributed by atoms with van der Waals surface area (Å²) in [6, 6.07) is 11.2. The highest BCUT2D eigenvalue weighted by atomic mass is 32.1. The van der Waals surface area contributed by atoms with Crippen LogP contribution in [0.1, 0.15) is 21.9 Å². The van der Waals surface area contributed by atoms with Crippen molar-refractivity contribution in [2.45, 2.75) is 13.5 Å². The van der Waals surface area contributed by atoms with Crippen molar-refractivity contribution in [2.75, 3.05) is 19.4 Å². The number of amides is 1. The number of benzene rings is 1. The fourth-order valence-corrected chi connectivity index (χ4v) is 2.13. The van der Waals surface area contributed by atoms with Gasteiger partial charge in [-0.3, -0.25) is 15.6 Å². The summed E-state index contributed by atoms with van der Waals surface area (Å²) >= 11 is 5.14. The maximum absolute atomic E-state index is 12.0. The van der Waals surface area contributed by atoms with Gasteiger partial charge < -0.3 is 14.6 Å². The summed E-state index contributed by atoms with van der Waals surface area (Å²) in [4.78, 5) is 13.9. The number of furan rings is 1. The summed E-state index contributed by atoms with van der Waals surface area (Å²) in [6.07, 6.45) is 0. The number of carbonyl (C=O) groups is 1. The van der Waals surface area contributed by atoms with Crippen LogP contribution in [0.3, 0.4) is 0 Å².